The average molecular weight is 194 g/mol. The van der Waals surface area contributed by atoms with Crippen molar-refractivity contribution in [3.63, 3.8) is 0 Å². The number of halogens is 1. The van der Waals surface area contributed by atoms with Crippen LogP contribution in [0.15, 0.2) is 12.1 Å². The number of aliphatic hydroxyl groups is 1. The zero-order valence-corrected chi connectivity index (χ0v) is 8.60. The van der Waals surface area contributed by atoms with E-state index < -0.39 is 5.60 Å². The first kappa shape index (κ1) is 9.66. The minimum Gasteiger partial charge on any atom is -0.385 e. The van der Waals surface area contributed by atoms with Gasteiger partial charge >= 0.3 is 0 Å². The Balaban J connectivity index is 2.49. The van der Waals surface area contributed by atoms with Crippen LogP contribution in [0.3, 0.4) is 0 Å². The Hall–Kier alpha value is -0.890. The predicted octanol–water partition coefficient (Wildman–Crippen LogP) is 2.81. The summed E-state index contributed by atoms with van der Waals surface area (Å²) in [6, 6.07) is 3.60. The van der Waals surface area contributed by atoms with Crippen molar-refractivity contribution in [3.05, 3.63) is 34.6 Å². The molecule has 1 N–H and O–H groups in total. The Morgan fingerprint density at radius 3 is 2.43 bits per heavy atom. The number of hydrogen-bond donors (Lipinski definition) is 1. The van der Waals surface area contributed by atoms with Gasteiger partial charge in [-0.3, -0.25) is 0 Å². The maximum atomic E-state index is 13.6. The smallest absolute Gasteiger partial charge is 0.129 e. The lowest BCUT2D eigenvalue weighted by Crippen LogP contribution is -2.34. The minimum atomic E-state index is -0.751. The van der Waals surface area contributed by atoms with Gasteiger partial charge in [0.25, 0.3) is 0 Å². The molecule has 1 fully saturated rings. The molecule has 0 radical (unpaired) electrons. The van der Waals surface area contributed by atoms with Gasteiger partial charge in [-0.05, 0) is 49.8 Å². The summed E-state index contributed by atoms with van der Waals surface area (Å²) < 4.78 is 13.6. The third kappa shape index (κ3) is 1.25. The van der Waals surface area contributed by atoms with Crippen LogP contribution < -0.4 is 0 Å². The molecule has 1 aromatic rings. The second-order valence-electron chi connectivity index (χ2n) is 4.25. The Morgan fingerprint density at radius 1 is 1.29 bits per heavy atom. The monoisotopic (exact) mass is 194 g/mol. The third-order valence-corrected chi connectivity index (χ3v) is 3.26. The first-order valence-corrected chi connectivity index (χ1v) is 5.03. The summed E-state index contributed by atoms with van der Waals surface area (Å²) in [5, 5.41) is 10.1. The molecule has 1 saturated carbocycles. The number of aryl methyl sites for hydroxylation is 1. The zero-order valence-electron chi connectivity index (χ0n) is 8.60. The summed E-state index contributed by atoms with van der Waals surface area (Å²) in [5.41, 5.74) is 1.27. The number of rotatable bonds is 1. The molecule has 1 aliphatic carbocycles. The Morgan fingerprint density at radius 2 is 1.93 bits per heavy atom. The van der Waals surface area contributed by atoms with Gasteiger partial charge in [0.15, 0.2) is 0 Å². The maximum absolute atomic E-state index is 13.6. The van der Waals surface area contributed by atoms with Crippen molar-refractivity contribution in [3.8, 4) is 0 Å². The molecule has 14 heavy (non-hydrogen) atoms. The molecule has 2 rings (SSSR count). The molecule has 0 aromatic heterocycles. The van der Waals surface area contributed by atoms with Crippen LogP contribution in [0.25, 0.3) is 0 Å². The van der Waals surface area contributed by atoms with E-state index in [2.05, 4.69) is 0 Å². The van der Waals surface area contributed by atoms with Gasteiger partial charge in [-0.25, -0.2) is 4.39 Å². The van der Waals surface area contributed by atoms with Crippen molar-refractivity contribution >= 4 is 0 Å². The molecule has 76 valence electrons. The van der Waals surface area contributed by atoms with E-state index in [0.717, 1.165) is 24.8 Å². The zero-order chi connectivity index (χ0) is 10.3. The van der Waals surface area contributed by atoms with Crippen LogP contribution in [0, 0.1) is 19.7 Å². The summed E-state index contributed by atoms with van der Waals surface area (Å²) in [6.07, 6.45) is 2.55. The van der Waals surface area contributed by atoms with Crippen LogP contribution in [0.2, 0.25) is 0 Å². The minimum absolute atomic E-state index is 0.178. The topological polar surface area (TPSA) is 20.2 Å². The normalized spacial score (nSPS) is 19.1. The van der Waals surface area contributed by atoms with Gasteiger partial charge in [0, 0.05) is 0 Å². The van der Waals surface area contributed by atoms with E-state index in [0.29, 0.717) is 11.1 Å². The molecule has 0 saturated heterocycles. The summed E-state index contributed by atoms with van der Waals surface area (Å²) in [4.78, 5) is 0. The van der Waals surface area contributed by atoms with Gasteiger partial charge in [0.2, 0.25) is 0 Å². The Labute approximate surface area is 83.6 Å². The molecular weight excluding hydrogens is 179 g/mol. The molecule has 1 aliphatic rings. The highest BCUT2D eigenvalue weighted by molar-refractivity contribution is 5.37. The van der Waals surface area contributed by atoms with Gasteiger partial charge in [0.05, 0.1) is 5.60 Å². The van der Waals surface area contributed by atoms with Crippen molar-refractivity contribution in [2.75, 3.05) is 0 Å². The van der Waals surface area contributed by atoms with Crippen molar-refractivity contribution in [1.82, 2.24) is 0 Å². The van der Waals surface area contributed by atoms with Crippen LogP contribution >= 0.6 is 0 Å². The fraction of sp³-hybridized carbons (Fsp3) is 0.500. The molecular formula is C12H15FO. The number of hydrogen-bond acceptors (Lipinski definition) is 1. The molecule has 0 unspecified atom stereocenters. The average Bonchev–Trinajstić information content (AvgIpc) is 2.11. The molecule has 1 nitrogen and oxygen atoms in total. The molecule has 0 heterocycles. The van der Waals surface area contributed by atoms with Gasteiger partial charge in [-0.15, -0.1) is 0 Å². The van der Waals surface area contributed by atoms with Crippen LogP contribution in [-0.4, -0.2) is 5.11 Å². The van der Waals surface area contributed by atoms with Crippen molar-refractivity contribution in [2.45, 2.75) is 38.7 Å². The third-order valence-electron chi connectivity index (χ3n) is 3.26. The van der Waals surface area contributed by atoms with Crippen molar-refractivity contribution in [2.24, 2.45) is 0 Å². The van der Waals surface area contributed by atoms with Gasteiger partial charge in [-0.2, -0.15) is 0 Å². The van der Waals surface area contributed by atoms with Crippen molar-refractivity contribution in [1.29, 1.82) is 0 Å². The lowest BCUT2D eigenvalue weighted by atomic mass is 9.73. The first-order valence-electron chi connectivity index (χ1n) is 5.03. The first-order chi connectivity index (χ1) is 6.54. The van der Waals surface area contributed by atoms with E-state index in [1.807, 2.05) is 6.07 Å². The second kappa shape index (κ2) is 3.06. The van der Waals surface area contributed by atoms with Gasteiger partial charge in [-0.1, -0.05) is 12.1 Å². The van der Waals surface area contributed by atoms with Crippen LogP contribution in [-0.2, 0) is 5.60 Å². The van der Waals surface area contributed by atoms with Gasteiger partial charge < -0.3 is 5.11 Å². The van der Waals surface area contributed by atoms with Crippen LogP contribution in [0.5, 0.6) is 0 Å². The SMILES string of the molecule is Cc1ccc(C2(O)CCC2)c(C)c1F. The number of benzene rings is 1. The van der Waals surface area contributed by atoms with E-state index >= 15 is 0 Å². The summed E-state index contributed by atoms with van der Waals surface area (Å²) in [7, 11) is 0. The fourth-order valence-corrected chi connectivity index (χ4v) is 2.11. The van der Waals surface area contributed by atoms with E-state index in [9.17, 15) is 9.50 Å². The largest absolute Gasteiger partial charge is 0.385 e. The highest BCUT2D eigenvalue weighted by atomic mass is 19.1. The summed E-state index contributed by atoms with van der Waals surface area (Å²) in [5.74, 6) is -0.178. The molecule has 0 aliphatic heterocycles. The van der Waals surface area contributed by atoms with Gasteiger partial charge in [0.1, 0.15) is 5.82 Å². The fourth-order valence-electron chi connectivity index (χ4n) is 2.11. The molecule has 0 bridgehead atoms. The molecule has 2 heteroatoms. The highest BCUT2D eigenvalue weighted by Gasteiger charge is 2.37. The predicted molar refractivity (Wildman–Crippen MR) is 53.6 cm³/mol. The lowest BCUT2D eigenvalue weighted by Gasteiger charge is -2.38. The molecule has 1 aromatic carbocycles. The standard InChI is InChI=1S/C12H15FO/c1-8-4-5-10(9(2)11(8)13)12(14)6-3-7-12/h4-5,14H,3,6-7H2,1-2H3. The summed E-state index contributed by atoms with van der Waals surface area (Å²) >= 11 is 0. The Bertz CT molecular complexity index is 367. The second-order valence-corrected chi connectivity index (χ2v) is 4.25. The molecule has 0 atom stereocenters. The maximum Gasteiger partial charge on any atom is 0.129 e. The van der Waals surface area contributed by atoms with E-state index in [1.54, 1.807) is 19.9 Å². The highest BCUT2D eigenvalue weighted by Crippen LogP contribution is 2.42. The lowest BCUT2D eigenvalue weighted by molar-refractivity contribution is -0.0395. The Kier molecular flexibility index (Phi) is 2.11. The van der Waals surface area contributed by atoms with Crippen molar-refractivity contribution < 1.29 is 9.50 Å². The molecule has 0 spiro atoms. The summed E-state index contributed by atoms with van der Waals surface area (Å²) in [6.45, 7) is 3.49. The quantitative estimate of drug-likeness (QED) is 0.728. The molecule has 0 amide bonds. The van der Waals surface area contributed by atoms with E-state index in [1.165, 1.54) is 0 Å². The van der Waals surface area contributed by atoms with Crippen LogP contribution in [0.4, 0.5) is 4.39 Å². The van der Waals surface area contributed by atoms with E-state index in [-0.39, 0.29) is 5.82 Å². The van der Waals surface area contributed by atoms with E-state index in [4.69, 9.17) is 0 Å². The van der Waals surface area contributed by atoms with Crippen LogP contribution in [0.1, 0.15) is 36.0 Å².